The second-order valence-corrected chi connectivity index (χ2v) is 23.4. The van der Waals surface area contributed by atoms with Crippen molar-refractivity contribution in [2.24, 2.45) is 0 Å². The van der Waals surface area contributed by atoms with E-state index in [1.165, 1.54) is 186 Å². The molecule has 6 nitrogen and oxygen atoms in total. The summed E-state index contributed by atoms with van der Waals surface area (Å²) in [5, 5.41) is 0. The van der Waals surface area contributed by atoms with Crippen LogP contribution in [-0.2, 0) is 28.6 Å². The molecule has 0 heterocycles. The van der Waals surface area contributed by atoms with Crippen LogP contribution in [0.4, 0.5) is 0 Å². The Hall–Kier alpha value is -3.93. The number of rotatable bonds is 64. The fraction of sp³-hybridized carbons (Fsp3) is 0.727. The van der Waals surface area contributed by atoms with E-state index in [2.05, 4.69) is 130 Å². The van der Waals surface area contributed by atoms with Gasteiger partial charge in [0.25, 0.3) is 0 Å². The van der Waals surface area contributed by atoms with Crippen molar-refractivity contribution in [1.29, 1.82) is 0 Å². The SMILES string of the molecule is CC/C=C\C/C=C\C/C=C\C/C=C\C/C=C\C/C=C\C/C=C\C/C=C\CCCCC(=O)OCC(COC(=O)CCCCCCC/C=C\CCCCC)OC(=O)CCCCCCCCCCCCCCCCCCCCCCCCCCCC. The van der Waals surface area contributed by atoms with Gasteiger partial charge in [0.2, 0.25) is 0 Å². The Balaban J connectivity index is 4.33. The summed E-state index contributed by atoms with van der Waals surface area (Å²) in [4.78, 5) is 38.4. The van der Waals surface area contributed by atoms with E-state index in [-0.39, 0.29) is 31.1 Å². The van der Waals surface area contributed by atoms with E-state index in [1.54, 1.807) is 0 Å². The van der Waals surface area contributed by atoms with Gasteiger partial charge in [-0.3, -0.25) is 14.4 Å². The number of hydrogen-bond acceptors (Lipinski definition) is 6. The number of carbonyl (C=O) groups excluding carboxylic acids is 3. The molecule has 0 aromatic rings. The van der Waals surface area contributed by atoms with E-state index < -0.39 is 6.10 Å². The lowest BCUT2D eigenvalue weighted by molar-refractivity contribution is -0.167. The molecule has 0 bridgehead atoms. The molecule has 476 valence electrons. The van der Waals surface area contributed by atoms with Crippen molar-refractivity contribution in [3.05, 3.63) is 109 Å². The molecule has 0 spiro atoms. The summed E-state index contributed by atoms with van der Waals surface area (Å²) in [5.74, 6) is -0.935. The summed E-state index contributed by atoms with van der Waals surface area (Å²) >= 11 is 0. The maximum absolute atomic E-state index is 13.0. The van der Waals surface area contributed by atoms with Crippen LogP contribution in [0.5, 0.6) is 0 Å². The van der Waals surface area contributed by atoms with Gasteiger partial charge < -0.3 is 14.2 Å². The van der Waals surface area contributed by atoms with Crippen molar-refractivity contribution >= 4 is 17.9 Å². The van der Waals surface area contributed by atoms with E-state index in [9.17, 15) is 14.4 Å². The summed E-state index contributed by atoms with van der Waals surface area (Å²) in [6.07, 6.45) is 97.0. The predicted molar refractivity (Wildman–Crippen MR) is 362 cm³/mol. The van der Waals surface area contributed by atoms with Crippen molar-refractivity contribution in [2.75, 3.05) is 13.2 Å². The van der Waals surface area contributed by atoms with Crippen LogP contribution in [-0.4, -0.2) is 37.2 Å². The Bertz CT molecular complexity index is 1660. The van der Waals surface area contributed by atoms with Crippen LogP contribution < -0.4 is 0 Å². The summed E-state index contributed by atoms with van der Waals surface area (Å²) < 4.78 is 16.9. The van der Waals surface area contributed by atoms with Gasteiger partial charge in [0.05, 0.1) is 0 Å². The monoisotopic (exact) mass is 1150 g/mol. The molecule has 0 saturated carbocycles. The molecule has 0 saturated heterocycles. The average Bonchev–Trinajstić information content (AvgIpc) is 3.49. The minimum Gasteiger partial charge on any atom is -0.462 e. The van der Waals surface area contributed by atoms with Gasteiger partial charge in [-0.1, -0.05) is 323 Å². The molecular weight excluding hydrogens is 1020 g/mol. The molecule has 1 atom stereocenters. The summed E-state index contributed by atoms with van der Waals surface area (Å²) in [6.45, 7) is 6.50. The van der Waals surface area contributed by atoms with Crippen LogP contribution >= 0.6 is 0 Å². The number of esters is 3. The first-order chi connectivity index (χ1) is 41.0. The van der Waals surface area contributed by atoms with Crippen molar-refractivity contribution in [2.45, 2.75) is 348 Å². The van der Waals surface area contributed by atoms with Crippen LogP contribution in [0.15, 0.2) is 109 Å². The van der Waals surface area contributed by atoms with E-state index in [1.807, 2.05) is 0 Å². The summed E-state index contributed by atoms with van der Waals surface area (Å²) in [5.41, 5.74) is 0. The number of allylic oxidation sites excluding steroid dienone is 18. The van der Waals surface area contributed by atoms with Gasteiger partial charge in [0, 0.05) is 19.3 Å². The van der Waals surface area contributed by atoms with Gasteiger partial charge in [-0.05, 0) is 109 Å². The van der Waals surface area contributed by atoms with Crippen LogP contribution in [0, 0.1) is 0 Å². The molecule has 0 N–H and O–H groups in total. The second kappa shape index (κ2) is 70.6. The van der Waals surface area contributed by atoms with Gasteiger partial charge in [0.1, 0.15) is 13.2 Å². The molecule has 0 aliphatic carbocycles. The van der Waals surface area contributed by atoms with E-state index in [0.717, 1.165) is 116 Å². The predicted octanol–water partition coefficient (Wildman–Crippen LogP) is 24.6. The van der Waals surface area contributed by atoms with Crippen molar-refractivity contribution < 1.29 is 28.6 Å². The molecule has 0 aromatic carbocycles. The minimum atomic E-state index is -0.801. The third-order valence-corrected chi connectivity index (χ3v) is 15.3. The molecule has 0 aromatic heterocycles. The fourth-order valence-corrected chi connectivity index (χ4v) is 9.99. The van der Waals surface area contributed by atoms with Crippen molar-refractivity contribution in [3.8, 4) is 0 Å². The molecule has 0 rings (SSSR count). The summed E-state index contributed by atoms with van der Waals surface area (Å²) in [7, 11) is 0. The Morgan fingerprint density at radius 1 is 0.253 bits per heavy atom. The second-order valence-electron chi connectivity index (χ2n) is 23.4. The average molecular weight is 1150 g/mol. The van der Waals surface area contributed by atoms with Crippen LogP contribution in [0.25, 0.3) is 0 Å². The highest BCUT2D eigenvalue weighted by Gasteiger charge is 2.19. The third kappa shape index (κ3) is 68.7. The molecule has 83 heavy (non-hydrogen) atoms. The Labute approximate surface area is 514 Å². The fourth-order valence-electron chi connectivity index (χ4n) is 9.99. The molecule has 0 radical (unpaired) electrons. The first kappa shape index (κ1) is 79.1. The van der Waals surface area contributed by atoms with Gasteiger partial charge >= 0.3 is 17.9 Å². The van der Waals surface area contributed by atoms with Gasteiger partial charge in [0.15, 0.2) is 6.10 Å². The van der Waals surface area contributed by atoms with Crippen molar-refractivity contribution in [1.82, 2.24) is 0 Å². The van der Waals surface area contributed by atoms with Crippen LogP contribution in [0.3, 0.4) is 0 Å². The highest BCUT2D eigenvalue weighted by Crippen LogP contribution is 2.18. The Morgan fingerprint density at radius 3 is 0.795 bits per heavy atom. The van der Waals surface area contributed by atoms with Gasteiger partial charge in [-0.2, -0.15) is 0 Å². The zero-order valence-electron chi connectivity index (χ0n) is 54.7. The number of carbonyl (C=O) groups is 3. The molecule has 0 aliphatic heterocycles. The highest BCUT2D eigenvalue weighted by molar-refractivity contribution is 5.71. The van der Waals surface area contributed by atoms with E-state index >= 15 is 0 Å². The summed E-state index contributed by atoms with van der Waals surface area (Å²) in [6, 6.07) is 0. The largest absolute Gasteiger partial charge is 0.462 e. The third-order valence-electron chi connectivity index (χ3n) is 15.3. The standard InChI is InChI=1S/C77H132O6/c1-4-7-10-13-16-19-22-25-27-29-31-33-35-37-39-41-42-44-46-48-50-52-55-58-61-64-67-70-76(79)82-73-74(72-81-75(78)69-66-63-60-57-54-24-21-18-15-12-9-6-3)83-77(80)71-68-65-62-59-56-53-51-49-47-45-43-40-38-36-34-32-30-28-26-23-20-17-14-11-8-5-2/h7,10,16,18-19,21,25,27,31,33,37,39,42,44,48,50,55,58,74H,4-6,8-9,11-15,17,20,22-24,26,28-30,32,34-36,38,40-41,43,45-47,49,51-54,56-57,59-73H2,1-3H3/b10-7-,19-16-,21-18-,27-25-,33-31-,39-37-,44-42-,50-48-,58-55-. The quantitative estimate of drug-likeness (QED) is 0.0261. The van der Waals surface area contributed by atoms with Gasteiger partial charge in [-0.25, -0.2) is 0 Å². The Kier molecular flexibility index (Phi) is 67.2. The molecule has 0 aliphatic rings. The lowest BCUT2D eigenvalue weighted by atomic mass is 10.0. The number of hydrogen-bond donors (Lipinski definition) is 0. The minimum absolute atomic E-state index is 0.0947. The molecule has 6 heteroatoms. The van der Waals surface area contributed by atoms with Gasteiger partial charge in [-0.15, -0.1) is 0 Å². The number of ether oxygens (including phenoxy) is 3. The van der Waals surface area contributed by atoms with Crippen molar-refractivity contribution in [3.63, 3.8) is 0 Å². The van der Waals surface area contributed by atoms with E-state index in [0.29, 0.717) is 19.3 Å². The zero-order valence-corrected chi connectivity index (χ0v) is 54.7. The van der Waals surface area contributed by atoms with Crippen LogP contribution in [0.1, 0.15) is 342 Å². The smallest absolute Gasteiger partial charge is 0.306 e. The molecular formula is C77H132O6. The number of unbranched alkanes of at least 4 members (excludes halogenated alkanes) is 35. The lowest BCUT2D eigenvalue weighted by Gasteiger charge is -2.18. The first-order valence-corrected chi connectivity index (χ1v) is 35.4. The maximum Gasteiger partial charge on any atom is 0.306 e. The molecule has 0 amide bonds. The highest BCUT2D eigenvalue weighted by atomic mass is 16.6. The zero-order chi connectivity index (χ0) is 59.9. The maximum atomic E-state index is 13.0. The lowest BCUT2D eigenvalue weighted by Crippen LogP contribution is -2.30. The Morgan fingerprint density at radius 2 is 0.470 bits per heavy atom. The molecule has 1 unspecified atom stereocenters. The van der Waals surface area contributed by atoms with Crippen LogP contribution in [0.2, 0.25) is 0 Å². The first-order valence-electron chi connectivity index (χ1n) is 35.4. The van der Waals surface area contributed by atoms with E-state index in [4.69, 9.17) is 14.2 Å². The normalized spacial score (nSPS) is 12.8. The molecule has 0 fully saturated rings. The topological polar surface area (TPSA) is 78.9 Å².